The average molecular weight is 798 g/mol. The molecule has 0 spiro atoms. The van der Waals surface area contributed by atoms with Gasteiger partial charge in [-0.3, -0.25) is 13.9 Å². The molecule has 2 heterocycles. The standard InChI is InChI=1S/C42H53ClN2O7S2/c1-8-9-21-44-35(41(4,5)33-25-31(52-53-48)23-27(2)39(33)44)19-17-29-14-13-15-30(38(29)43)18-20-36-42(6,7)34-26-32(54(49,50)51)24-28(3)40(34)45(36)22-12-10-11-16-37(46)47/h17-20,23-26H,8-16,21-22H2,1-7H3,(H2-,46,47,48,49,50,51)/p+1. The third kappa shape index (κ3) is 8.55. The van der Waals surface area contributed by atoms with Crippen LogP contribution in [0.5, 0.6) is 5.75 Å². The lowest BCUT2D eigenvalue weighted by Crippen LogP contribution is -2.28. The summed E-state index contributed by atoms with van der Waals surface area (Å²) in [6.45, 7) is 16.2. The van der Waals surface area contributed by atoms with Gasteiger partial charge in [0.25, 0.3) is 10.1 Å². The molecule has 9 nitrogen and oxygen atoms in total. The molecule has 2 aromatic carbocycles. The summed E-state index contributed by atoms with van der Waals surface area (Å²) in [5.74, 6) is -0.189. The van der Waals surface area contributed by atoms with Gasteiger partial charge in [-0.1, -0.05) is 57.4 Å². The monoisotopic (exact) mass is 797 g/mol. The van der Waals surface area contributed by atoms with E-state index < -0.39 is 21.5 Å². The molecule has 54 heavy (non-hydrogen) atoms. The Morgan fingerprint density at radius 1 is 0.981 bits per heavy atom. The van der Waals surface area contributed by atoms with Crippen LogP contribution in [0.4, 0.5) is 11.4 Å². The van der Waals surface area contributed by atoms with Gasteiger partial charge < -0.3 is 14.2 Å². The first kappa shape index (κ1) is 41.8. The lowest BCUT2D eigenvalue weighted by atomic mass is 9.80. The van der Waals surface area contributed by atoms with Gasteiger partial charge in [-0.2, -0.15) is 13.0 Å². The van der Waals surface area contributed by atoms with E-state index in [2.05, 4.69) is 75.3 Å². The van der Waals surface area contributed by atoms with Gasteiger partial charge in [0.2, 0.25) is 18.0 Å². The van der Waals surface area contributed by atoms with Crippen LogP contribution in [-0.2, 0) is 25.7 Å². The molecule has 0 radical (unpaired) electrons. The predicted molar refractivity (Wildman–Crippen MR) is 219 cm³/mol. The number of fused-ring (bicyclic) bond motifs is 2. The van der Waals surface area contributed by atoms with Crippen molar-refractivity contribution < 1.29 is 36.2 Å². The Morgan fingerprint density at radius 3 is 2.39 bits per heavy atom. The highest BCUT2D eigenvalue weighted by molar-refractivity contribution is 7.89. The quantitative estimate of drug-likeness (QED) is 0.0698. The average Bonchev–Trinajstić information content (AvgIpc) is 3.44. The molecule has 2 aromatic rings. The molecule has 3 N–H and O–H groups in total. The summed E-state index contributed by atoms with van der Waals surface area (Å²) in [4.78, 5) is 13.2. The van der Waals surface area contributed by atoms with Crippen molar-refractivity contribution in [3.05, 3.63) is 92.7 Å². The van der Waals surface area contributed by atoms with E-state index in [0.717, 1.165) is 101 Å². The minimum atomic E-state index is -4.41. The van der Waals surface area contributed by atoms with E-state index >= 15 is 0 Å². The number of hydrogen-bond acceptors (Lipinski definition) is 7. The van der Waals surface area contributed by atoms with Crippen LogP contribution in [0, 0.1) is 13.8 Å². The number of hydrogen-bond donors (Lipinski definition) is 3. The van der Waals surface area contributed by atoms with Crippen LogP contribution in [0.3, 0.4) is 0 Å². The number of benzene rings is 2. The summed E-state index contributed by atoms with van der Waals surface area (Å²) < 4.78 is 51.6. The fourth-order valence-electron chi connectivity index (χ4n) is 8.26. The van der Waals surface area contributed by atoms with Crippen LogP contribution in [0.2, 0.25) is 0 Å². The lowest BCUT2D eigenvalue weighted by Gasteiger charge is -2.27. The highest BCUT2D eigenvalue weighted by Crippen LogP contribution is 2.51. The molecule has 0 aromatic heterocycles. The molecule has 0 atom stereocenters. The van der Waals surface area contributed by atoms with Gasteiger partial charge in [0.1, 0.15) is 12.3 Å². The molecular formula is C42H54ClN2O7S2+. The lowest BCUT2D eigenvalue weighted by molar-refractivity contribution is -0.438. The zero-order valence-electron chi connectivity index (χ0n) is 32.5. The molecular weight excluding hydrogens is 744 g/mol. The van der Waals surface area contributed by atoms with Gasteiger partial charge >= 0.3 is 5.97 Å². The highest BCUT2D eigenvalue weighted by Gasteiger charge is 2.46. The van der Waals surface area contributed by atoms with Crippen molar-refractivity contribution in [3.8, 4) is 5.75 Å². The van der Waals surface area contributed by atoms with Crippen LogP contribution < -0.4 is 9.08 Å². The Balaban J connectivity index is 1.52. The number of carboxylic acid groups (broad SMARTS) is 1. The number of halogens is 1. The number of nitrogens with zero attached hydrogens (tertiary/aromatic N) is 2. The summed E-state index contributed by atoms with van der Waals surface area (Å²) in [7, 11) is -4.41. The van der Waals surface area contributed by atoms with E-state index in [-0.39, 0.29) is 16.7 Å². The Kier molecular flexibility index (Phi) is 13.0. The normalized spacial score (nSPS) is 19.4. The van der Waals surface area contributed by atoms with Crippen molar-refractivity contribution in [2.45, 2.75) is 122 Å². The minimum absolute atomic E-state index is 0.120. The second-order valence-corrected chi connectivity index (χ2v) is 17.8. The summed E-state index contributed by atoms with van der Waals surface area (Å²) in [5, 5.41) is 9.86. The summed E-state index contributed by atoms with van der Waals surface area (Å²) >= 11 is 7.58. The second kappa shape index (κ2) is 16.8. The van der Waals surface area contributed by atoms with Crippen molar-refractivity contribution in [2.75, 3.05) is 18.0 Å². The van der Waals surface area contributed by atoms with E-state index in [9.17, 15) is 22.3 Å². The largest absolute Gasteiger partial charge is 0.481 e. The van der Waals surface area contributed by atoms with E-state index in [1.165, 1.54) is 17.5 Å². The maximum absolute atomic E-state index is 12.2. The summed E-state index contributed by atoms with van der Waals surface area (Å²) in [6.07, 6.45) is 15.5. The Hall–Kier alpha value is -3.35. The van der Waals surface area contributed by atoms with Crippen LogP contribution >= 0.6 is 23.9 Å². The fraction of sp³-hybridized carbons (Fsp3) is 0.476. The van der Waals surface area contributed by atoms with E-state index in [0.29, 0.717) is 31.0 Å². The van der Waals surface area contributed by atoms with Crippen molar-refractivity contribution in [1.82, 2.24) is 0 Å². The predicted octanol–water partition coefficient (Wildman–Crippen LogP) is 10.7. The number of aryl methyl sites for hydroxylation is 2. The van der Waals surface area contributed by atoms with Gasteiger partial charge in [0.05, 0.1) is 10.3 Å². The molecule has 292 valence electrons. The molecule has 0 fully saturated rings. The maximum Gasteiger partial charge on any atom is 0.303 e. The van der Waals surface area contributed by atoms with Gasteiger partial charge in [0.15, 0.2) is 5.71 Å². The minimum Gasteiger partial charge on any atom is -0.481 e. The molecule has 2 aliphatic heterocycles. The van der Waals surface area contributed by atoms with Gasteiger partial charge in [-0.05, 0) is 112 Å². The SMILES string of the molecule is CCCC[N+]1=C(/C=C/C2=C(Cl)C(=C/C=C3/N(CCCCCC(=O)O)c4c(C)cc(S(=O)(=O)O)cc4C3(C)C)/CCC2)C(C)(C)c2cc(OSO)cc(C)c21. The zero-order chi connectivity index (χ0) is 39.6. The molecule has 5 rings (SSSR count). The number of carboxylic acids is 1. The first-order valence-corrected chi connectivity index (χ1v) is 21.3. The topological polar surface area (TPSA) is 127 Å². The molecule has 0 unspecified atom stereocenters. The van der Waals surface area contributed by atoms with Crippen LogP contribution in [0.15, 0.2) is 75.3 Å². The molecule has 1 aliphatic carbocycles. The smallest absolute Gasteiger partial charge is 0.303 e. The maximum atomic E-state index is 12.2. The number of carbonyl (C=O) groups is 1. The molecule has 0 bridgehead atoms. The number of unbranched alkanes of at least 4 members (excludes halogenated alkanes) is 3. The summed E-state index contributed by atoms with van der Waals surface area (Å²) in [6, 6.07) is 7.08. The molecule has 3 aliphatic rings. The molecule has 0 amide bonds. The van der Waals surface area contributed by atoms with E-state index in [1.807, 2.05) is 19.1 Å². The Labute approximate surface area is 330 Å². The third-order valence-corrected chi connectivity index (χ3v) is 12.7. The first-order chi connectivity index (χ1) is 25.4. The number of rotatable bonds is 15. The number of allylic oxidation sites excluding steroid dienone is 8. The third-order valence-electron chi connectivity index (χ3n) is 11.1. The highest BCUT2D eigenvalue weighted by atomic mass is 35.5. The summed E-state index contributed by atoms with van der Waals surface area (Å²) in [5.41, 5.74) is 9.25. The van der Waals surface area contributed by atoms with Gasteiger partial charge in [-0.25, -0.2) is 0 Å². The number of aliphatic carboxylic acids is 1. The van der Waals surface area contributed by atoms with E-state index in [4.69, 9.17) is 20.9 Å². The van der Waals surface area contributed by atoms with Crippen LogP contribution in [0.1, 0.15) is 115 Å². The molecule has 12 heteroatoms. The van der Waals surface area contributed by atoms with Crippen molar-refractivity contribution >= 4 is 57.1 Å². The fourth-order valence-corrected chi connectivity index (χ4v) is 9.35. The van der Waals surface area contributed by atoms with Crippen LogP contribution in [-0.4, -0.2) is 52.0 Å². The zero-order valence-corrected chi connectivity index (χ0v) is 34.8. The van der Waals surface area contributed by atoms with Crippen LogP contribution in [0.25, 0.3) is 0 Å². The van der Waals surface area contributed by atoms with Crippen molar-refractivity contribution in [3.63, 3.8) is 0 Å². The first-order valence-electron chi connectivity index (χ1n) is 18.8. The van der Waals surface area contributed by atoms with Gasteiger partial charge in [0, 0.05) is 58.4 Å². The molecule has 0 saturated heterocycles. The number of anilines is 1. The Morgan fingerprint density at radius 2 is 1.72 bits per heavy atom. The second-order valence-electron chi connectivity index (χ2n) is 15.7. The molecule has 0 saturated carbocycles. The van der Waals surface area contributed by atoms with Crippen molar-refractivity contribution in [2.24, 2.45) is 0 Å². The Bertz CT molecular complexity index is 2080. The van der Waals surface area contributed by atoms with E-state index in [1.54, 1.807) is 6.07 Å². The van der Waals surface area contributed by atoms with Crippen molar-refractivity contribution in [1.29, 1.82) is 0 Å². The van der Waals surface area contributed by atoms with Gasteiger partial charge in [-0.15, -0.1) is 0 Å².